The molecule has 0 radical (unpaired) electrons. The maximum Gasteiger partial charge on any atom is 0.223 e. The Bertz CT molecular complexity index is 448. The Kier molecular flexibility index (Phi) is 3.47. The third kappa shape index (κ3) is 2.58. The van der Waals surface area contributed by atoms with Crippen LogP contribution in [0.5, 0.6) is 0 Å². The van der Waals surface area contributed by atoms with Crippen LogP contribution >= 0.6 is 0 Å². The van der Waals surface area contributed by atoms with Crippen molar-refractivity contribution in [2.75, 3.05) is 6.54 Å². The maximum absolute atomic E-state index is 12.2. The van der Waals surface area contributed by atoms with Crippen LogP contribution in [0.4, 0.5) is 0 Å². The van der Waals surface area contributed by atoms with Crippen molar-refractivity contribution in [2.24, 2.45) is 5.92 Å². The lowest BCUT2D eigenvalue weighted by atomic mass is 9.78. The molecule has 2 heteroatoms. The number of hydrogen-bond donors (Lipinski definition) is 0. The lowest BCUT2D eigenvalue weighted by Gasteiger charge is -2.40. The number of amides is 1. The molecule has 0 saturated carbocycles. The van der Waals surface area contributed by atoms with Gasteiger partial charge in [0.2, 0.25) is 5.91 Å². The second kappa shape index (κ2) is 4.75. The molecule has 0 saturated heterocycles. The number of rotatable bonds is 2. The van der Waals surface area contributed by atoms with Crippen LogP contribution in [0.3, 0.4) is 0 Å². The summed E-state index contributed by atoms with van der Waals surface area (Å²) in [5.74, 6) is 0.713. The molecule has 0 N–H and O–H groups in total. The number of carbonyl (C=O) groups excluding carboxylic acids is 1. The molecule has 1 amide bonds. The minimum absolute atomic E-state index is 0.0570. The van der Waals surface area contributed by atoms with E-state index in [-0.39, 0.29) is 11.3 Å². The first-order chi connectivity index (χ1) is 8.40. The minimum atomic E-state index is 0.0570. The van der Waals surface area contributed by atoms with E-state index in [1.165, 1.54) is 11.1 Å². The Hall–Kier alpha value is -1.31. The molecule has 0 aliphatic carbocycles. The summed E-state index contributed by atoms with van der Waals surface area (Å²) in [6.45, 7) is 10.2. The third-order valence-corrected chi connectivity index (χ3v) is 3.63. The fourth-order valence-corrected chi connectivity index (χ4v) is 2.80. The number of nitrogens with zero attached hydrogens (tertiary/aromatic N) is 1. The Balaban J connectivity index is 2.24. The smallest absolute Gasteiger partial charge is 0.223 e. The highest BCUT2D eigenvalue weighted by Gasteiger charge is 2.33. The minimum Gasteiger partial charge on any atom is -0.337 e. The van der Waals surface area contributed by atoms with Crippen LogP contribution in [0.25, 0.3) is 0 Å². The normalized spacial score (nSPS) is 17.7. The van der Waals surface area contributed by atoms with Gasteiger partial charge in [-0.2, -0.15) is 0 Å². The maximum atomic E-state index is 12.2. The molecular weight excluding hydrogens is 222 g/mol. The zero-order valence-electron chi connectivity index (χ0n) is 11.9. The van der Waals surface area contributed by atoms with E-state index in [1.54, 1.807) is 0 Å². The average Bonchev–Trinajstić information content (AvgIpc) is 2.27. The lowest BCUT2D eigenvalue weighted by Crippen LogP contribution is -2.45. The quantitative estimate of drug-likeness (QED) is 0.782. The summed E-state index contributed by atoms with van der Waals surface area (Å²) in [6.07, 6.45) is 0.651. The molecule has 1 aromatic carbocycles. The van der Waals surface area contributed by atoms with E-state index in [9.17, 15) is 4.79 Å². The molecule has 18 heavy (non-hydrogen) atoms. The van der Waals surface area contributed by atoms with Gasteiger partial charge in [0.05, 0.1) is 0 Å². The standard InChI is InChI=1S/C16H23NO/c1-12(2)9-15(18)17-10-13-7-5-6-8-14(13)16(3,4)11-17/h5-8,12H,9-11H2,1-4H3. The van der Waals surface area contributed by atoms with Crippen molar-refractivity contribution in [3.63, 3.8) is 0 Å². The molecule has 2 nitrogen and oxygen atoms in total. The molecule has 98 valence electrons. The molecule has 1 aliphatic heterocycles. The molecule has 0 fully saturated rings. The first-order valence-electron chi connectivity index (χ1n) is 6.76. The summed E-state index contributed by atoms with van der Waals surface area (Å²) >= 11 is 0. The van der Waals surface area contributed by atoms with Gasteiger partial charge >= 0.3 is 0 Å². The molecule has 2 rings (SSSR count). The van der Waals surface area contributed by atoms with E-state index in [1.807, 2.05) is 4.90 Å². The Morgan fingerprint density at radius 3 is 2.67 bits per heavy atom. The number of hydrogen-bond acceptors (Lipinski definition) is 1. The molecule has 0 spiro atoms. The van der Waals surface area contributed by atoms with Crippen molar-refractivity contribution in [1.82, 2.24) is 4.90 Å². The first kappa shape index (κ1) is 13.1. The Labute approximate surface area is 110 Å². The molecule has 1 aliphatic rings. The van der Waals surface area contributed by atoms with Gasteiger partial charge in [0.15, 0.2) is 0 Å². The van der Waals surface area contributed by atoms with Gasteiger partial charge in [-0.25, -0.2) is 0 Å². The summed E-state index contributed by atoms with van der Waals surface area (Å²) in [5, 5.41) is 0. The van der Waals surface area contributed by atoms with Gasteiger partial charge in [-0.15, -0.1) is 0 Å². The SMILES string of the molecule is CC(C)CC(=O)N1Cc2ccccc2C(C)(C)C1. The van der Waals surface area contributed by atoms with E-state index < -0.39 is 0 Å². The second-order valence-electron chi connectivity index (χ2n) is 6.39. The van der Waals surface area contributed by atoms with Gasteiger partial charge < -0.3 is 4.90 Å². The zero-order chi connectivity index (χ0) is 13.3. The van der Waals surface area contributed by atoms with Crippen molar-refractivity contribution in [3.8, 4) is 0 Å². The zero-order valence-corrected chi connectivity index (χ0v) is 11.9. The second-order valence-corrected chi connectivity index (χ2v) is 6.39. The molecule has 0 bridgehead atoms. The van der Waals surface area contributed by atoms with Crippen LogP contribution < -0.4 is 0 Å². The first-order valence-corrected chi connectivity index (χ1v) is 6.76. The Morgan fingerprint density at radius 2 is 2.00 bits per heavy atom. The fraction of sp³-hybridized carbons (Fsp3) is 0.562. The van der Waals surface area contributed by atoms with Crippen LogP contribution in [-0.4, -0.2) is 17.4 Å². The van der Waals surface area contributed by atoms with Crippen LogP contribution in [-0.2, 0) is 16.8 Å². The van der Waals surface area contributed by atoms with Gasteiger partial charge in [0.25, 0.3) is 0 Å². The summed E-state index contributed by atoms with van der Waals surface area (Å²) in [6, 6.07) is 8.49. The van der Waals surface area contributed by atoms with Crippen LogP contribution in [0.15, 0.2) is 24.3 Å². The predicted octanol–water partition coefficient (Wildman–Crippen LogP) is 3.35. The van der Waals surface area contributed by atoms with Crippen LogP contribution in [0.2, 0.25) is 0 Å². The lowest BCUT2D eigenvalue weighted by molar-refractivity contribution is -0.133. The van der Waals surface area contributed by atoms with Gasteiger partial charge in [-0.05, 0) is 17.0 Å². The van der Waals surface area contributed by atoms with E-state index in [0.717, 1.165) is 13.1 Å². The molecular formula is C16H23NO. The van der Waals surface area contributed by atoms with Crippen LogP contribution in [0, 0.1) is 5.92 Å². The van der Waals surface area contributed by atoms with Crippen molar-refractivity contribution in [1.29, 1.82) is 0 Å². The van der Waals surface area contributed by atoms with E-state index >= 15 is 0 Å². The molecule has 0 unspecified atom stereocenters. The highest BCUT2D eigenvalue weighted by Crippen LogP contribution is 2.33. The van der Waals surface area contributed by atoms with Gasteiger partial charge in [0, 0.05) is 24.9 Å². The van der Waals surface area contributed by atoms with E-state index in [2.05, 4.69) is 52.0 Å². The third-order valence-electron chi connectivity index (χ3n) is 3.63. The average molecular weight is 245 g/mol. The van der Waals surface area contributed by atoms with Crippen molar-refractivity contribution in [3.05, 3.63) is 35.4 Å². The molecule has 1 heterocycles. The van der Waals surface area contributed by atoms with Gasteiger partial charge in [0.1, 0.15) is 0 Å². The topological polar surface area (TPSA) is 20.3 Å². The number of benzene rings is 1. The van der Waals surface area contributed by atoms with Gasteiger partial charge in [-0.1, -0.05) is 52.0 Å². The van der Waals surface area contributed by atoms with E-state index in [4.69, 9.17) is 0 Å². The fourth-order valence-electron chi connectivity index (χ4n) is 2.80. The van der Waals surface area contributed by atoms with Gasteiger partial charge in [-0.3, -0.25) is 4.79 Å². The highest BCUT2D eigenvalue weighted by atomic mass is 16.2. The predicted molar refractivity (Wildman–Crippen MR) is 74.3 cm³/mol. The van der Waals surface area contributed by atoms with Crippen molar-refractivity contribution >= 4 is 5.91 Å². The van der Waals surface area contributed by atoms with Crippen LogP contribution in [0.1, 0.15) is 45.2 Å². The van der Waals surface area contributed by atoms with E-state index in [0.29, 0.717) is 12.3 Å². The van der Waals surface area contributed by atoms with Crippen molar-refractivity contribution in [2.45, 2.75) is 46.1 Å². The summed E-state index contributed by atoms with van der Waals surface area (Å²) in [7, 11) is 0. The monoisotopic (exact) mass is 245 g/mol. The summed E-state index contributed by atoms with van der Waals surface area (Å²) in [5.41, 5.74) is 2.74. The molecule has 1 aromatic rings. The largest absolute Gasteiger partial charge is 0.337 e. The summed E-state index contributed by atoms with van der Waals surface area (Å²) < 4.78 is 0. The number of fused-ring (bicyclic) bond motifs is 1. The van der Waals surface area contributed by atoms with Crippen molar-refractivity contribution < 1.29 is 4.79 Å². The highest BCUT2D eigenvalue weighted by molar-refractivity contribution is 5.77. The summed E-state index contributed by atoms with van der Waals surface area (Å²) in [4.78, 5) is 14.2. The molecule has 0 atom stereocenters. The molecule has 0 aromatic heterocycles. The number of carbonyl (C=O) groups is 1. The Morgan fingerprint density at radius 1 is 1.33 bits per heavy atom.